The average molecular weight is 300 g/mol. The van der Waals surface area contributed by atoms with Crippen LogP contribution < -0.4 is 5.32 Å². The molecule has 0 unspecified atom stereocenters. The van der Waals surface area contributed by atoms with Crippen molar-refractivity contribution in [2.45, 2.75) is 19.4 Å². The van der Waals surface area contributed by atoms with Crippen molar-refractivity contribution in [1.29, 1.82) is 0 Å². The molecule has 2 aromatic rings. The molecule has 0 aliphatic carbocycles. The van der Waals surface area contributed by atoms with Gasteiger partial charge in [0.15, 0.2) is 0 Å². The third-order valence-corrected chi connectivity index (χ3v) is 4.72. The van der Waals surface area contributed by atoms with E-state index in [9.17, 15) is 0 Å². The third kappa shape index (κ3) is 2.89. The lowest BCUT2D eigenvalue weighted by Gasteiger charge is -2.10. The minimum absolute atomic E-state index is 0. The molecule has 96 valence electrons. The lowest BCUT2D eigenvalue weighted by Crippen LogP contribution is -2.21. The van der Waals surface area contributed by atoms with Crippen LogP contribution in [0.3, 0.4) is 0 Å². The van der Waals surface area contributed by atoms with Crippen molar-refractivity contribution in [3.63, 3.8) is 0 Å². The van der Waals surface area contributed by atoms with Crippen molar-refractivity contribution < 1.29 is 0 Å². The highest BCUT2D eigenvalue weighted by atomic mass is 35.5. The Morgan fingerprint density at radius 2 is 2.11 bits per heavy atom. The molecule has 0 atom stereocenters. The van der Waals surface area contributed by atoms with Crippen molar-refractivity contribution in [1.82, 2.24) is 5.32 Å². The highest BCUT2D eigenvalue weighted by Crippen LogP contribution is 2.28. The van der Waals surface area contributed by atoms with Crippen LogP contribution in [-0.4, -0.2) is 6.54 Å². The van der Waals surface area contributed by atoms with E-state index >= 15 is 0 Å². The zero-order chi connectivity index (χ0) is 11.7. The summed E-state index contributed by atoms with van der Waals surface area (Å²) in [7, 11) is 0. The SMILES string of the molecule is Cl.Clc1ccccc1Cc1cc2c(s1)CCNC2. The smallest absolute Gasteiger partial charge is 0.0441 e. The molecular weight excluding hydrogens is 285 g/mol. The topological polar surface area (TPSA) is 12.0 Å². The first-order chi connectivity index (χ1) is 8.33. The number of thiophene rings is 1. The zero-order valence-corrected chi connectivity index (χ0v) is 12.3. The summed E-state index contributed by atoms with van der Waals surface area (Å²) >= 11 is 8.13. The number of fused-ring (bicyclic) bond motifs is 1. The molecule has 0 spiro atoms. The van der Waals surface area contributed by atoms with Crippen LogP contribution in [0.5, 0.6) is 0 Å². The summed E-state index contributed by atoms with van der Waals surface area (Å²) < 4.78 is 0. The second kappa shape index (κ2) is 6.07. The highest BCUT2D eigenvalue weighted by molar-refractivity contribution is 7.12. The fourth-order valence-electron chi connectivity index (χ4n) is 2.23. The molecule has 1 aromatic heterocycles. The van der Waals surface area contributed by atoms with Crippen LogP contribution in [-0.2, 0) is 19.4 Å². The van der Waals surface area contributed by atoms with Crippen molar-refractivity contribution in [3.8, 4) is 0 Å². The number of rotatable bonds is 2. The monoisotopic (exact) mass is 299 g/mol. The molecule has 0 saturated carbocycles. The molecule has 1 nitrogen and oxygen atoms in total. The Hall–Kier alpha value is -0.540. The summed E-state index contributed by atoms with van der Waals surface area (Å²) in [6.45, 7) is 2.13. The Balaban J connectivity index is 0.00000120. The predicted molar refractivity (Wildman–Crippen MR) is 81.2 cm³/mol. The summed E-state index contributed by atoms with van der Waals surface area (Å²) in [6.07, 6.45) is 2.12. The Morgan fingerprint density at radius 3 is 2.89 bits per heavy atom. The minimum Gasteiger partial charge on any atom is -0.312 e. The molecule has 1 aliphatic heterocycles. The molecule has 0 saturated heterocycles. The predicted octanol–water partition coefficient (Wildman–Crippen LogP) is 4.06. The lowest BCUT2D eigenvalue weighted by molar-refractivity contribution is 0.652. The van der Waals surface area contributed by atoms with E-state index in [2.05, 4.69) is 23.5 Å². The molecule has 3 rings (SSSR count). The molecule has 18 heavy (non-hydrogen) atoms. The maximum atomic E-state index is 6.19. The van der Waals surface area contributed by atoms with E-state index in [1.165, 1.54) is 22.4 Å². The van der Waals surface area contributed by atoms with Crippen LogP contribution in [0.2, 0.25) is 5.02 Å². The third-order valence-electron chi connectivity index (χ3n) is 3.11. The molecule has 0 fully saturated rings. The summed E-state index contributed by atoms with van der Waals surface area (Å²) in [6, 6.07) is 10.4. The van der Waals surface area contributed by atoms with Crippen molar-refractivity contribution >= 4 is 35.3 Å². The molecule has 1 aliphatic rings. The van der Waals surface area contributed by atoms with E-state index in [1.54, 1.807) is 4.88 Å². The van der Waals surface area contributed by atoms with Gasteiger partial charge in [-0.2, -0.15) is 0 Å². The van der Waals surface area contributed by atoms with Gasteiger partial charge in [0, 0.05) is 34.3 Å². The van der Waals surface area contributed by atoms with Gasteiger partial charge >= 0.3 is 0 Å². The van der Waals surface area contributed by atoms with Crippen molar-refractivity contribution in [2.75, 3.05) is 6.54 Å². The maximum absolute atomic E-state index is 6.19. The van der Waals surface area contributed by atoms with E-state index in [0.717, 1.165) is 24.5 Å². The van der Waals surface area contributed by atoms with Gasteiger partial charge in [-0.25, -0.2) is 0 Å². The lowest BCUT2D eigenvalue weighted by atomic mass is 10.1. The quantitative estimate of drug-likeness (QED) is 0.882. The number of hydrogen-bond donors (Lipinski definition) is 1. The van der Waals surface area contributed by atoms with Gasteiger partial charge in [0.1, 0.15) is 0 Å². The van der Waals surface area contributed by atoms with Gasteiger partial charge in [-0.3, -0.25) is 0 Å². The number of hydrogen-bond acceptors (Lipinski definition) is 2. The van der Waals surface area contributed by atoms with Gasteiger partial charge in [0.25, 0.3) is 0 Å². The van der Waals surface area contributed by atoms with Gasteiger partial charge < -0.3 is 5.32 Å². The zero-order valence-electron chi connectivity index (χ0n) is 9.91. The van der Waals surface area contributed by atoms with Crippen LogP contribution in [0, 0.1) is 0 Å². The summed E-state index contributed by atoms with van der Waals surface area (Å²) in [5.74, 6) is 0. The molecule has 2 heterocycles. The van der Waals surface area contributed by atoms with Crippen molar-refractivity contribution in [2.24, 2.45) is 0 Å². The van der Waals surface area contributed by atoms with Gasteiger partial charge in [0.2, 0.25) is 0 Å². The Bertz CT molecular complexity index is 513. The van der Waals surface area contributed by atoms with Crippen LogP contribution in [0.1, 0.15) is 20.9 Å². The molecule has 4 heteroatoms. The standard InChI is InChI=1S/C14H14ClNS.ClH/c15-13-4-2-1-3-10(13)7-12-8-11-9-16-6-5-14(11)17-12;/h1-4,8,16H,5-7,9H2;1H. The van der Waals surface area contributed by atoms with Crippen LogP contribution in [0.25, 0.3) is 0 Å². The Labute approximate surface area is 123 Å². The second-order valence-corrected chi connectivity index (χ2v) is 5.98. The molecular formula is C14H15Cl2NS. The first-order valence-corrected chi connectivity index (χ1v) is 7.07. The average Bonchev–Trinajstić information content (AvgIpc) is 2.74. The second-order valence-electron chi connectivity index (χ2n) is 4.36. The molecule has 1 N–H and O–H groups in total. The van der Waals surface area contributed by atoms with Gasteiger partial charge in [-0.15, -0.1) is 23.7 Å². The Morgan fingerprint density at radius 1 is 1.28 bits per heavy atom. The number of nitrogens with one attached hydrogen (secondary N) is 1. The normalized spacial score (nSPS) is 13.8. The van der Waals surface area contributed by atoms with E-state index in [1.807, 2.05) is 23.5 Å². The fourth-order valence-corrected chi connectivity index (χ4v) is 3.65. The maximum Gasteiger partial charge on any atom is 0.0441 e. The minimum atomic E-state index is 0. The molecule has 0 radical (unpaired) electrons. The van der Waals surface area contributed by atoms with Crippen LogP contribution in [0.15, 0.2) is 30.3 Å². The van der Waals surface area contributed by atoms with Gasteiger partial charge in [-0.1, -0.05) is 29.8 Å². The Kier molecular flexibility index (Phi) is 4.68. The first-order valence-electron chi connectivity index (χ1n) is 5.87. The molecule has 0 amide bonds. The van der Waals surface area contributed by atoms with Crippen molar-refractivity contribution in [3.05, 3.63) is 56.2 Å². The molecule has 1 aromatic carbocycles. The number of benzene rings is 1. The first kappa shape index (κ1) is 13.9. The summed E-state index contributed by atoms with van der Waals surface area (Å²) in [5.41, 5.74) is 2.70. The van der Waals surface area contributed by atoms with Crippen LogP contribution in [0.4, 0.5) is 0 Å². The largest absolute Gasteiger partial charge is 0.312 e. The van der Waals surface area contributed by atoms with E-state index in [0.29, 0.717) is 0 Å². The van der Waals surface area contributed by atoms with Gasteiger partial charge in [-0.05, 0) is 29.7 Å². The van der Waals surface area contributed by atoms with Gasteiger partial charge in [0.05, 0.1) is 0 Å². The van der Waals surface area contributed by atoms with E-state index in [4.69, 9.17) is 11.6 Å². The fraction of sp³-hybridized carbons (Fsp3) is 0.286. The highest BCUT2D eigenvalue weighted by Gasteiger charge is 2.13. The van der Waals surface area contributed by atoms with Crippen LogP contribution >= 0.6 is 35.3 Å². The summed E-state index contributed by atoms with van der Waals surface area (Å²) in [5, 5.41) is 4.28. The number of halogens is 2. The molecule has 0 bridgehead atoms. The summed E-state index contributed by atoms with van der Waals surface area (Å²) in [4.78, 5) is 2.97. The van der Waals surface area contributed by atoms with E-state index < -0.39 is 0 Å². The van der Waals surface area contributed by atoms with E-state index in [-0.39, 0.29) is 12.4 Å².